The van der Waals surface area contributed by atoms with Crippen LogP contribution in [0.5, 0.6) is 0 Å². The lowest BCUT2D eigenvalue weighted by atomic mass is 10.1. The molecule has 0 fully saturated rings. The van der Waals surface area contributed by atoms with Crippen LogP contribution in [-0.4, -0.2) is 50.2 Å². The Labute approximate surface area is 116 Å². The first-order valence-electron chi connectivity index (χ1n) is 6.10. The Morgan fingerprint density at radius 3 is 2.11 bits per heavy atom. The molecule has 104 valence electrons. The van der Waals surface area contributed by atoms with Gasteiger partial charge in [0.15, 0.2) is 0 Å². The van der Waals surface area contributed by atoms with E-state index in [-0.39, 0.29) is 11.8 Å². The molecule has 0 N–H and O–H groups in total. The number of thiophene rings is 1. The highest BCUT2D eigenvalue weighted by molar-refractivity contribution is 7.12. The standard InChI is InChI=1S/C13H17NO4S/c1-8-10-11(9(2)19-8)13(16)14(12(10)15)4-5-18-7-6-17-3/h4-7H2,1-3H3. The summed E-state index contributed by atoms with van der Waals surface area (Å²) in [6, 6.07) is 0. The molecule has 2 heterocycles. The zero-order chi connectivity index (χ0) is 14.0. The number of hydrogen-bond acceptors (Lipinski definition) is 5. The Morgan fingerprint density at radius 2 is 1.58 bits per heavy atom. The monoisotopic (exact) mass is 283 g/mol. The Morgan fingerprint density at radius 1 is 1.00 bits per heavy atom. The fraction of sp³-hybridized carbons (Fsp3) is 0.538. The minimum atomic E-state index is -0.197. The summed E-state index contributed by atoms with van der Waals surface area (Å²) in [4.78, 5) is 27.5. The lowest BCUT2D eigenvalue weighted by Crippen LogP contribution is -2.33. The van der Waals surface area contributed by atoms with Crippen molar-refractivity contribution in [2.24, 2.45) is 0 Å². The number of carbonyl (C=O) groups excluding carboxylic acids is 2. The molecule has 0 saturated heterocycles. The SMILES string of the molecule is COCCOCCN1C(=O)c2c(C)sc(C)c2C1=O. The van der Waals surface area contributed by atoms with Gasteiger partial charge in [-0.05, 0) is 13.8 Å². The second kappa shape index (κ2) is 5.81. The van der Waals surface area contributed by atoms with Gasteiger partial charge in [0.1, 0.15) is 0 Å². The molecule has 0 spiro atoms. The highest BCUT2D eigenvalue weighted by Gasteiger charge is 2.39. The van der Waals surface area contributed by atoms with Crippen LogP contribution in [0.4, 0.5) is 0 Å². The second-order valence-electron chi connectivity index (χ2n) is 4.33. The summed E-state index contributed by atoms with van der Waals surface area (Å²) in [5.74, 6) is -0.394. The molecule has 1 aromatic rings. The van der Waals surface area contributed by atoms with Gasteiger partial charge in [0.2, 0.25) is 0 Å². The van der Waals surface area contributed by atoms with Gasteiger partial charge in [0.25, 0.3) is 11.8 Å². The highest BCUT2D eigenvalue weighted by Crippen LogP contribution is 2.34. The van der Waals surface area contributed by atoms with Gasteiger partial charge in [0.05, 0.1) is 37.5 Å². The fourth-order valence-corrected chi connectivity index (χ4v) is 3.21. The molecule has 19 heavy (non-hydrogen) atoms. The van der Waals surface area contributed by atoms with Crippen molar-refractivity contribution < 1.29 is 19.1 Å². The molecule has 1 aromatic heterocycles. The van der Waals surface area contributed by atoms with Gasteiger partial charge in [-0.2, -0.15) is 0 Å². The summed E-state index contributed by atoms with van der Waals surface area (Å²) < 4.78 is 10.2. The van der Waals surface area contributed by atoms with Crippen LogP contribution in [0.1, 0.15) is 30.5 Å². The van der Waals surface area contributed by atoms with Crippen LogP contribution in [0, 0.1) is 13.8 Å². The number of ether oxygens (including phenoxy) is 2. The molecule has 0 radical (unpaired) electrons. The van der Waals surface area contributed by atoms with Crippen LogP contribution in [0.2, 0.25) is 0 Å². The number of rotatable bonds is 6. The Kier molecular flexibility index (Phi) is 4.34. The van der Waals surface area contributed by atoms with E-state index in [4.69, 9.17) is 9.47 Å². The van der Waals surface area contributed by atoms with E-state index in [1.165, 1.54) is 16.2 Å². The minimum Gasteiger partial charge on any atom is -0.382 e. The number of aryl methyl sites for hydroxylation is 2. The third-order valence-electron chi connectivity index (χ3n) is 3.07. The maximum atomic E-state index is 12.2. The summed E-state index contributed by atoms with van der Waals surface area (Å²) >= 11 is 1.50. The van der Waals surface area contributed by atoms with Crippen LogP contribution in [-0.2, 0) is 9.47 Å². The Balaban J connectivity index is 2.00. The number of methoxy groups -OCH3 is 1. The van der Waals surface area contributed by atoms with E-state index >= 15 is 0 Å². The zero-order valence-electron chi connectivity index (χ0n) is 11.3. The lowest BCUT2D eigenvalue weighted by molar-refractivity contribution is 0.0459. The van der Waals surface area contributed by atoms with Gasteiger partial charge in [-0.3, -0.25) is 14.5 Å². The number of amides is 2. The predicted molar refractivity (Wildman–Crippen MR) is 71.9 cm³/mol. The maximum Gasteiger partial charge on any atom is 0.262 e. The summed E-state index contributed by atoms with van der Waals surface area (Å²) in [6.45, 7) is 5.35. The number of carbonyl (C=O) groups is 2. The second-order valence-corrected chi connectivity index (χ2v) is 5.76. The van der Waals surface area contributed by atoms with Crippen LogP contribution >= 0.6 is 11.3 Å². The highest BCUT2D eigenvalue weighted by atomic mass is 32.1. The molecular formula is C13H17NO4S. The van der Waals surface area contributed by atoms with E-state index in [9.17, 15) is 9.59 Å². The number of nitrogens with zero attached hydrogens (tertiary/aromatic N) is 1. The number of imide groups is 1. The molecule has 0 bridgehead atoms. The van der Waals surface area contributed by atoms with Crippen molar-refractivity contribution in [2.75, 3.05) is 33.5 Å². The quantitative estimate of drug-likeness (QED) is 0.588. The van der Waals surface area contributed by atoms with Crippen molar-refractivity contribution >= 4 is 23.2 Å². The van der Waals surface area contributed by atoms with E-state index in [0.29, 0.717) is 37.5 Å². The molecule has 6 heteroatoms. The third-order valence-corrected chi connectivity index (χ3v) is 4.09. The van der Waals surface area contributed by atoms with Crippen molar-refractivity contribution in [2.45, 2.75) is 13.8 Å². The van der Waals surface area contributed by atoms with E-state index in [0.717, 1.165) is 9.75 Å². The molecule has 2 rings (SSSR count). The van der Waals surface area contributed by atoms with E-state index < -0.39 is 0 Å². The summed E-state index contributed by atoms with van der Waals surface area (Å²) in [5.41, 5.74) is 1.15. The number of hydrogen-bond donors (Lipinski definition) is 0. The predicted octanol–water partition coefficient (Wildman–Crippen LogP) is 1.62. The molecule has 0 unspecified atom stereocenters. The maximum absolute atomic E-state index is 12.2. The lowest BCUT2D eigenvalue weighted by Gasteiger charge is -2.14. The van der Waals surface area contributed by atoms with E-state index in [1.807, 2.05) is 13.8 Å². The molecule has 0 saturated carbocycles. The van der Waals surface area contributed by atoms with Crippen molar-refractivity contribution in [1.29, 1.82) is 0 Å². The summed E-state index contributed by atoms with van der Waals surface area (Å²) in [6.07, 6.45) is 0. The smallest absolute Gasteiger partial charge is 0.262 e. The zero-order valence-corrected chi connectivity index (χ0v) is 12.1. The van der Waals surface area contributed by atoms with Gasteiger partial charge in [-0.1, -0.05) is 0 Å². The first-order valence-corrected chi connectivity index (χ1v) is 6.92. The first-order chi connectivity index (χ1) is 9.07. The molecule has 2 amide bonds. The molecule has 0 aromatic carbocycles. The molecule has 1 aliphatic heterocycles. The van der Waals surface area contributed by atoms with Gasteiger partial charge < -0.3 is 9.47 Å². The summed E-state index contributed by atoms with van der Waals surface area (Å²) in [7, 11) is 1.60. The average molecular weight is 283 g/mol. The topological polar surface area (TPSA) is 55.8 Å². The minimum absolute atomic E-state index is 0.197. The Hall–Kier alpha value is -1.24. The molecule has 1 aliphatic rings. The Bertz CT molecular complexity index is 472. The molecule has 0 atom stereocenters. The third kappa shape index (κ3) is 2.56. The van der Waals surface area contributed by atoms with Gasteiger partial charge in [-0.25, -0.2) is 0 Å². The van der Waals surface area contributed by atoms with Crippen LogP contribution in [0.25, 0.3) is 0 Å². The largest absolute Gasteiger partial charge is 0.382 e. The molecule has 0 aliphatic carbocycles. The molecule has 5 nitrogen and oxygen atoms in total. The van der Waals surface area contributed by atoms with Gasteiger partial charge in [-0.15, -0.1) is 11.3 Å². The van der Waals surface area contributed by atoms with Crippen LogP contribution < -0.4 is 0 Å². The van der Waals surface area contributed by atoms with Crippen LogP contribution in [0.15, 0.2) is 0 Å². The molecular weight excluding hydrogens is 266 g/mol. The first kappa shape index (κ1) is 14.2. The van der Waals surface area contributed by atoms with Crippen LogP contribution in [0.3, 0.4) is 0 Å². The van der Waals surface area contributed by atoms with Gasteiger partial charge in [0, 0.05) is 16.9 Å². The fourth-order valence-electron chi connectivity index (χ4n) is 2.16. The van der Waals surface area contributed by atoms with E-state index in [1.54, 1.807) is 7.11 Å². The number of fused-ring (bicyclic) bond motifs is 1. The summed E-state index contributed by atoms with van der Waals surface area (Å²) in [5, 5.41) is 0. The average Bonchev–Trinajstić information content (AvgIpc) is 2.79. The normalized spacial score (nSPS) is 14.4. The van der Waals surface area contributed by atoms with Crippen molar-refractivity contribution in [3.63, 3.8) is 0 Å². The van der Waals surface area contributed by atoms with Crippen molar-refractivity contribution in [3.8, 4) is 0 Å². The van der Waals surface area contributed by atoms with E-state index in [2.05, 4.69) is 0 Å². The van der Waals surface area contributed by atoms with Crippen molar-refractivity contribution in [3.05, 3.63) is 20.9 Å². The van der Waals surface area contributed by atoms with Gasteiger partial charge >= 0.3 is 0 Å². The van der Waals surface area contributed by atoms with Crippen molar-refractivity contribution in [1.82, 2.24) is 4.90 Å².